The third-order valence-electron chi connectivity index (χ3n) is 3.15. The molecule has 0 heterocycles. The molecule has 13 heavy (non-hydrogen) atoms. The first-order valence-corrected chi connectivity index (χ1v) is 5.69. The first kappa shape index (κ1) is 10.8. The SMILES string of the molecule is C/C=C/CN[C@H](C)C1CCCCC1. The van der Waals surface area contributed by atoms with Gasteiger partial charge in [-0.2, -0.15) is 0 Å². The average Bonchev–Trinajstić information content (AvgIpc) is 2.19. The summed E-state index contributed by atoms with van der Waals surface area (Å²) in [6, 6.07) is 0.705. The first-order chi connectivity index (χ1) is 6.34. The Balaban J connectivity index is 2.16. The lowest BCUT2D eigenvalue weighted by atomic mass is 9.84. The zero-order chi connectivity index (χ0) is 9.52. The van der Waals surface area contributed by atoms with Gasteiger partial charge in [0.15, 0.2) is 0 Å². The smallest absolute Gasteiger partial charge is 0.0137 e. The lowest BCUT2D eigenvalue weighted by Gasteiger charge is -2.28. The van der Waals surface area contributed by atoms with Crippen molar-refractivity contribution in [1.82, 2.24) is 5.32 Å². The largest absolute Gasteiger partial charge is 0.311 e. The highest BCUT2D eigenvalue weighted by atomic mass is 14.9. The topological polar surface area (TPSA) is 12.0 Å². The molecule has 0 unspecified atom stereocenters. The number of nitrogens with one attached hydrogen (secondary N) is 1. The summed E-state index contributed by atoms with van der Waals surface area (Å²) < 4.78 is 0. The molecule has 1 aliphatic carbocycles. The van der Waals surface area contributed by atoms with E-state index in [1.807, 2.05) is 0 Å². The van der Waals surface area contributed by atoms with Gasteiger partial charge in [-0.05, 0) is 32.6 Å². The molecule has 1 aliphatic rings. The van der Waals surface area contributed by atoms with E-state index >= 15 is 0 Å². The molecule has 0 saturated heterocycles. The third-order valence-corrected chi connectivity index (χ3v) is 3.15. The standard InChI is InChI=1S/C12H23N/c1-3-4-10-13-11(2)12-8-6-5-7-9-12/h3-4,11-13H,5-10H2,1-2H3/b4-3+/t11-/m1/s1. The second-order valence-electron chi connectivity index (χ2n) is 4.16. The summed E-state index contributed by atoms with van der Waals surface area (Å²) >= 11 is 0. The Labute approximate surface area is 82.6 Å². The van der Waals surface area contributed by atoms with Crippen LogP contribution in [-0.2, 0) is 0 Å². The Morgan fingerprint density at radius 2 is 2.00 bits per heavy atom. The zero-order valence-electron chi connectivity index (χ0n) is 9.05. The predicted octanol–water partition coefficient (Wildman–Crippen LogP) is 3.12. The highest BCUT2D eigenvalue weighted by molar-refractivity contribution is 4.83. The van der Waals surface area contributed by atoms with Crippen LogP contribution in [0.25, 0.3) is 0 Å². The highest BCUT2D eigenvalue weighted by Crippen LogP contribution is 2.26. The molecule has 0 aromatic rings. The van der Waals surface area contributed by atoms with Gasteiger partial charge in [-0.1, -0.05) is 31.4 Å². The van der Waals surface area contributed by atoms with Crippen LogP contribution in [0.5, 0.6) is 0 Å². The molecule has 1 fully saturated rings. The summed E-state index contributed by atoms with van der Waals surface area (Å²) in [6.45, 7) is 5.45. The maximum absolute atomic E-state index is 3.57. The molecule has 0 spiro atoms. The number of hydrogen-bond donors (Lipinski definition) is 1. The van der Waals surface area contributed by atoms with E-state index in [2.05, 4.69) is 31.3 Å². The molecule has 1 nitrogen and oxygen atoms in total. The van der Waals surface area contributed by atoms with E-state index in [9.17, 15) is 0 Å². The number of rotatable bonds is 4. The summed E-state index contributed by atoms with van der Waals surface area (Å²) in [5.41, 5.74) is 0. The van der Waals surface area contributed by atoms with Crippen molar-refractivity contribution in [3.05, 3.63) is 12.2 Å². The fourth-order valence-electron chi connectivity index (χ4n) is 2.17. The molecule has 1 heteroatoms. The quantitative estimate of drug-likeness (QED) is 0.657. The van der Waals surface area contributed by atoms with E-state index in [0.717, 1.165) is 12.5 Å². The van der Waals surface area contributed by atoms with Crippen molar-refractivity contribution >= 4 is 0 Å². The van der Waals surface area contributed by atoms with Crippen LogP contribution in [0.3, 0.4) is 0 Å². The molecule has 1 saturated carbocycles. The fourth-order valence-corrected chi connectivity index (χ4v) is 2.17. The Bertz CT molecular complexity index is 145. The van der Waals surface area contributed by atoms with Crippen molar-refractivity contribution in [3.8, 4) is 0 Å². The van der Waals surface area contributed by atoms with Crippen LogP contribution < -0.4 is 5.32 Å². The minimum Gasteiger partial charge on any atom is -0.311 e. The van der Waals surface area contributed by atoms with Gasteiger partial charge in [-0.25, -0.2) is 0 Å². The zero-order valence-corrected chi connectivity index (χ0v) is 9.05. The van der Waals surface area contributed by atoms with E-state index in [-0.39, 0.29) is 0 Å². The minimum atomic E-state index is 0.705. The monoisotopic (exact) mass is 181 g/mol. The molecule has 0 bridgehead atoms. The Kier molecular flexibility index (Phi) is 5.14. The molecular formula is C12H23N. The summed E-state index contributed by atoms with van der Waals surface area (Å²) in [5, 5.41) is 3.57. The molecule has 76 valence electrons. The van der Waals surface area contributed by atoms with Crippen LogP contribution in [0.4, 0.5) is 0 Å². The number of hydrogen-bond acceptors (Lipinski definition) is 1. The Morgan fingerprint density at radius 3 is 2.62 bits per heavy atom. The molecule has 0 aromatic heterocycles. The maximum atomic E-state index is 3.57. The van der Waals surface area contributed by atoms with Gasteiger partial charge in [0.25, 0.3) is 0 Å². The lowest BCUT2D eigenvalue weighted by molar-refractivity contribution is 0.287. The minimum absolute atomic E-state index is 0.705. The van der Waals surface area contributed by atoms with Crippen LogP contribution in [-0.4, -0.2) is 12.6 Å². The van der Waals surface area contributed by atoms with Crippen LogP contribution >= 0.6 is 0 Å². The van der Waals surface area contributed by atoms with E-state index < -0.39 is 0 Å². The highest BCUT2D eigenvalue weighted by Gasteiger charge is 2.18. The predicted molar refractivity (Wildman–Crippen MR) is 58.9 cm³/mol. The molecule has 0 radical (unpaired) electrons. The first-order valence-electron chi connectivity index (χ1n) is 5.69. The van der Waals surface area contributed by atoms with Crippen molar-refractivity contribution < 1.29 is 0 Å². The lowest BCUT2D eigenvalue weighted by Crippen LogP contribution is -2.34. The van der Waals surface area contributed by atoms with Crippen LogP contribution in [0.1, 0.15) is 46.0 Å². The second-order valence-corrected chi connectivity index (χ2v) is 4.16. The van der Waals surface area contributed by atoms with Gasteiger partial charge >= 0.3 is 0 Å². The van der Waals surface area contributed by atoms with E-state index in [1.165, 1.54) is 32.1 Å². The van der Waals surface area contributed by atoms with Gasteiger partial charge in [0.1, 0.15) is 0 Å². The average molecular weight is 181 g/mol. The van der Waals surface area contributed by atoms with Crippen LogP contribution in [0.15, 0.2) is 12.2 Å². The van der Waals surface area contributed by atoms with Crippen molar-refractivity contribution in [2.24, 2.45) is 5.92 Å². The normalized spacial score (nSPS) is 22.3. The van der Waals surface area contributed by atoms with Crippen molar-refractivity contribution in [2.45, 2.75) is 52.0 Å². The summed E-state index contributed by atoms with van der Waals surface area (Å²) in [4.78, 5) is 0. The second kappa shape index (κ2) is 6.20. The summed E-state index contributed by atoms with van der Waals surface area (Å²) in [7, 11) is 0. The van der Waals surface area contributed by atoms with Crippen molar-refractivity contribution in [3.63, 3.8) is 0 Å². The van der Waals surface area contributed by atoms with E-state index in [4.69, 9.17) is 0 Å². The fraction of sp³-hybridized carbons (Fsp3) is 0.833. The van der Waals surface area contributed by atoms with Gasteiger partial charge in [0, 0.05) is 12.6 Å². The van der Waals surface area contributed by atoms with Gasteiger partial charge in [0.05, 0.1) is 0 Å². The maximum Gasteiger partial charge on any atom is 0.0137 e. The van der Waals surface area contributed by atoms with Crippen molar-refractivity contribution in [2.75, 3.05) is 6.54 Å². The molecule has 0 aliphatic heterocycles. The molecule has 1 rings (SSSR count). The third kappa shape index (κ3) is 3.95. The van der Waals surface area contributed by atoms with Gasteiger partial charge < -0.3 is 5.32 Å². The molecule has 0 aromatic carbocycles. The molecule has 0 amide bonds. The van der Waals surface area contributed by atoms with Gasteiger partial charge in [0.2, 0.25) is 0 Å². The van der Waals surface area contributed by atoms with Gasteiger partial charge in [-0.3, -0.25) is 0 Å². The van der Waals surface area contributed by atoms with Gasteiger partial charge in [-0.15, -0.1) is 0 Å². The Hall–Kier alpha value is -0.300. The number of allylic oxidation sites excluding steroid dienone is 1. The van der Waals surface area contributed by atoms with E-state index in [0.29, 0.717) is 6.04 Å². The van der Waals surface area contributed by atoms with Crippen LogP contribution in [0, 0.1) is 5.92 Å². The summed E-state index contributed by atoms with van der Waals surface area (Å²) in [6.07, 6.45) is 11.5. The Morgan fingerprint density at radius 1 is 1.31 bits per heavy atom. The summed E-state index contributed by atoms with van der Waals surface area (Å²) in [5.74, 6) is 0.930. The van der Waals surface area contributed by atoms with Crippen LogP contribution in [0.2, 0.25) is 0 Å². The molecule has 1 N–H and O–H groups in total. The molecule has 1 atom stereocenters. The van der Waals surface area contributed by atoms with E-state index in [1.54, 1.807) is 0 Å². The van der Waals surface area contributed by atoms with Crippen molar-refractivity contribution in [1.29, 1.82) is 0 Å². The molecular weight excluding hydrogens is 158 g/mol.